The molecule has 3 aromatic heterocycles. The number of aromatic nitrogens is 4. The number of hydrogen-bond acceptors (Lipinski definition) is 5. The number of nitrogens with one attached hydrogen (secondary N) is 2. The highest BCUT2D eigenvalue weighted by molar-refractivity contribution is 5.99. The van der Waals surface area contributed by atoms with E-state index in [0.717, 1.165) is 0 Å². The molecule has 1 amide bonds. The zero-order chi connectivity index (χ0) is 15.5. The number of pyridine rings is 2. The number of nitrogens with zero attached hydrogens (tertiary/aromatic N) is 3. The molecule has 0 aliphatic carbocycles. The second-order valence-electron chi connectivity index (χ2n) is 4.52. The van der Waals surface area contributed by atoms with Crippen LogP contribution >= 0.6 is 0 Å². The lowest BCUT2D eigenvalue weighted by molar-refractivity contribution is 0.0951. The van der Waals surface area contributed by atoms with E-state index in [1.165, 1.54) is 4.40 Å². The summed E-state index contributed by atoms with van der Waals surface area (Å²) >= 11 is 0. The van der Waals surface area contributed by atoms with Crippen molar-refractivity contribution in [1.29, 1.82) is 0 Å². The van der Waals surface area contributed by atoms with Crippen molar-refractivity contribution in [2.24, 2.45) is 0 Å². The number of ether oxygens (including phenoxy) is 1. The van der Waals surface area contributed by atoms with Gasteiger partial charge in [0.05, 0.1) is 31.1 Å². The Morgan fingerprint density at radius 3 is 3.00 bits per heavy atom. The second-order valence-corrected chi connectivity index (χ2v) is 4.52. The summed E-state index contributed by atoms with van der Waals surface area (Å²) in [6.07, 6.45) is 3.12. The number of rotatable bonds is 4. The van der Waals surface area contributed by atoms with Crippen molar-refractivity contribution in [3.05, 3.63) is 58.4 Å². The van der Waals surface area contributed by atoms with E-state index in [4.69, 9.17) is 4.74 Å². The predicted octanol–water partition coefficient (Wildman–Crippen LogP) is 0.356. The summed E-state index contributed by atoms with van der Waals surface area (Å²) in [7, 11) is 1.56. The standard InChI is InChI=1S/C14H13N5O3/c1-22-10-5-4-9(15-8-10)7-16-13(20)11-3-2-6-19-12(11)17-18-14(19)21/h2-6,8H,7H2,1H3,(H,16,20)(H,18,21). The largest absolute Gasteiger partial charge is 0.495 e. The molecule has 112 valence electrons. The highest BCUT2D eigenvalue weighted by Crippen LogP contribution is 2.09. The van der Waals surface area contributed by atoms with Gasteiger partial charge in [-0.1, -0.05) is 0 Å². The first kappa shape index (κ1) is 13.8. The van der Waals surface area contributed by atoms with Crippen LogP contribution in [0.1, 0.15) is 16.1 Å². The van der Waals surface area contributed by atoms with Gasteiger partial charge in [0.15, 0.2) is 5.65 Å². The van der Waals surface area contributed by atoms with Crippen LogP contribution in [0.2, 0.25) is 0 Å². The molecule has 0 bridgehead atoms. The van der Waals surface area contributed by atoms with Crippen LogP contribution in [0.3, 0.4) is 0 Å². The van der Waals surface area contributed by atoms with Crippen LogP contribution in [0.15, 0.2) is 41.5 Å². The molecule has 0 atom stereocenters. The summed E-state index contributed by atoms with van der Waals surface area (Å²) in [4.78, 5) is 27.9. The molecule has 0 saturated heterocycles. The summed E-state index contributed by atoms with van der Waals surface area (Å²) in [6.45, 7) is 0.262. The van der Waals surface area contributed by atoms with Gasteiger partial charge in [-0.25, -0.2) is 14.3 Å². The molecular weight excluding hydrogens is 286 g/mol. The van der Waals surface area contributed by atoms with Gasteiger partial charge in [0.1, 0.15) is 5.75 Å². The summed E-state index contributed by atoms with van der Waals surface area (Å²) in [5.74, 6) is 0.318. The Labute approximate surface area is 124 Å². The molecule has 0 fully saturated rings. The minimum Gasteiger partial charge on any atom is -0.495 e. The number of amides is 1. The molecule has 8 heteroatoms. The number of carbonyl (C=O) groups excluding carboxylic acids is 1. The fourth-order valence-electron chi connectivity index (χ4n) is 2.01. The zero-order valence-corrected chi connectivity index (χ0v) is 11.7. The van der Waals surface area contributed by atoms with Gasteiger partial charge in [-0.15, -0.1) is 0 Å². The Balaban J connectivity index is 1.77. The van der Waals surface area contributed by atoms with Crippen LogP contribution in [0.5, 0.6) is 5.75 Å². The van der Waals surface area contributed by atoms with Crippen molar-refractivity contribution in [1.82, 2.24) is 24.9 Å². The number of fused-ring (bicyclic) bond motifs is 1. The van der Waals surface area contributed by atoms with Gasteiger partial charge >= 0.3 is 5.69 Å². The molecule has 3 aromatic rings. The topological polar surface area (TPSA) is 101 Å². The fraction of sp³-hybridized carbons (Fsp3) is 0.143. The van der Waals surface area contributed by atoms with Crippen molar-refractivity contribution in [3.63, 3.8) is 0 Å². The van der Waals surface area contributed by atoms with Crippen LogP contribution < -0.4 is 15.7 Å². The average Bonchev–Trinajstić information content (AvgIpc) is 2.94. The van der Waals surface area contributed by atoms with E-state index in [0.29, 0.717) is 17.0 Å². The summed E-state index contributed by atoms with van der Waals surface area (Å²) in [6, 6.07) is 6.75. The van der Waals surface area contributed by atoms with Crippen LogP contribution in [-0.4, -0.2) is 32.6 Å². The first-order valence-electron chi connectivity index (χ1n) is 6.52. The molecule has 0 spiro atoms. The van der Waals surface area contributed by atoms with Gasteiger partial charge in [-0.3, -0.25) is 9.78 Å². The minimum absolute atomic E-state index is 0.262. The van der Waals surface area contributed by atoms with Crippen molar-refractivity contribution < 1.29 is 9.53 Å². The molecule has 0 radical (unpaired) electrons. The maximum atomic E-state index is 12.2. The number of hydrogen-bond donors (Lipinski definition) is 2. The van der Waals surface area contributed by atoms with Gasteiger partial charge in [0.2, 0.25) is 0 Å². The highest BCUT2D eigenvalue weighted by Gasteiger charge is 2.13. The normalized spacial score (nSPS) is 10.6. The van der Waals surface area contributed by atoms with Gasteiger partial charge in [-0.2, -0.15) is 5.10 Å². The molecular formula is C14H13N5O3. The molecule has 0 aliphatic rings. The lowest BCUT2D eigenvalue weighted by Gasteiger charge is -2.06. The Kier molecular flexibility index (Phi) is 3.57. The Morgan fingerprint density at radius 2 is 2.27 bits per heavy atom. The Hall–Kier alpha value is -3.16. The van der Waals surface area contributed by atoms with Gasteiger partial charge in [0.25, 0.3) is 5.91 Å². The molecule has 0 aromatic carbocycles. The third kappa shape index (κ3) is 2.53. The number of aromatic amines is 1. The Morgan fingerprint density at radius 1 is 1.41 bits per heavy atom. The lowest BCUT2D eigenvalue weighted by Crippen LogP contribution is -2.24. The van der Waals surface area contributed by atoms with Gasteiger partial charge < -0.3 is 10.1 Å². The number of carbonyl (C=O) groups is 1. The zero-order valence-electron chi connectivity index (χ0n) is 11.7. The SMILES string of the molecule is COc1ccc(CNC(=O)c2cccn3c(=O)[nH]nc23)nc1. The second kappa shape index (κ2) is 5.68. The third-order valence-electron chi connectivity index (χ3n) is 3.15. The molecule has 3 rings (SSSR count). The summed E-state index contributed by atoms with van der Waals surface area (Å²) in [5.41, 5.74) is 0.907. The molecule has 2 N–H and O–H groups in total. The third-order valence-corrected chi connectivity index (χ3v) is 3.15. The molecule has 0 aliphatic heterocycles. The first-order chi connectivity index (χ1) is 10.7. The highest BCUT2D eigenvalue weighted by atomic mass is 16.5. The quantitative estimate of drug-likeness (QED) is 0.724. The molecule has 0 saturated carbocycles. The Bertz CT molecular complexity index is 866. The van der Waals surface area contributed by atoms with E-state index >= 15 is 0 Å². The van der Waals surface area contributed by atoms with Crippen LogP contribution in [0, 0.1) is 0 Å². The van der Waals surface area contributed by atoms with E-state index in [1.54, 1.807) is 43.8 Å². The van der Waals surface area contributed by atoms with Crippen molar-refractivity contribution in [2.75, 3.05) is 7.11 Å². The first-order valence-corrected chi connectivity index (χ1v) is 6.52. The number of H-pyrrole nitrogens is 1. The predicted molar refractivity (Wildman–Crippen MR) is 77.8 cm³/mol. The van der Waals surface area contributed by atoms with Crippen LogP contribution in [0.4, 0.5) is 0 Å². The molecule has 8 nitrogen and oxygen atoms in total. The lowest BCUT2D eigenvalue weighted by atomic mass is 10.2. The molecule has 22 heavy (non-hydrogen) atoms. The average molecular weight is 299 g/mol. The smallest absolute Gasteiger partial charge is 0.347 e. The summed E-state index contributed by atoms with van der Waals surface area (Å²) < 4.78 is 6.30. The minimum atomic E-state index is -0.388. The van der Waals surface area contributed by atoms with Crippen molar-refractivity contribution in [2.45, 2.75) is 6.54 Å². The van der Waals surface area contributed by atoms with Crippen molar-refractivity contribution in [3.8, 4) is 5.75 Å². The number of methoxy groups -OCH3 is 1. The van der Waals surface area contributed by atoms with Gasteiger partial charge in [0, 0.05) is 6.20 Å². The fourth-order valence-corrected chi connectivity index (χ4v) is 2.01. The van der Waals surface area contributed by atoms with E-state index in [9.17, 15) is 9.59 Å². The van der Waals surface area contributed by atoms with Crippen molar-refractivity contribution >= 4 is 11.6 Å². The maximum absolute atomic E-state index is 12.2. The van der Waals surface area contributed by atoms with Crippen LogP contribution in [0.25, 0.3) is 5.65 Å². The van der Waals surface area contributed by atoms with E-state index in [2.05, 4.69) is 20.5 Å². The monoisotopic (exact) mass is 299 g/mol. The van der Waals surface area contributed by atoms with Crippen LogP contribution in [-0.2, 0) is 6.54 Å². The van der Waals surface area contributed by atoms with E-state index in [1.807, 2.05) is 0 Å². The van der Waals surface area contributed by atoms with E-state index < -0.39 is 0 Å². The maximum Gasteiger partial charge on any atom is 0.347 e. The molecule has 0 unspecified atom stereocenters. The molecule has 3 heterocycles. The van der Waals surface area contributed by atoms with Gasteiger partial charge in [-0.05, 0) is 24.3 Å². The summed E-state index contributed by atoms with van der Waals surface area (Å²) in [5, 5.41) is 8.90. The van der Waals surface area contributed by atoms with E-state index in [-0.39, 0.29) is 23.8 Å².